The van der Waals surface area contributed by atoms with Gasteiger partial charge in [0.1, 0.15) is 11.5 Å². The number of azide groups is 1. The zero-order valence-electron chi connectivity index (χ0n) is 25.6. The number of nitrogens with zero attached hydrogens (tertiary/aromatic N) is 4. The smallest absolute Gasteiger partial charge is 0.252 e. The van der Waals surface area contributed by atoms with Gasteiger partial charge < -0.3 is 24.6 Å². The Hall–Kier alpha value is -4.73. The minimum Gasteiger partial charge on any atom is -0.497 e. The second-order valence-corrected chi connectivity index (χ2v) is 11.7. The van der Waals surface area contributed by atoms with Crippen LogP contribution in [0.3, 0.4) is 0 Å². The molecule has 0 bridgehead atoms. The summed E-state index contributed by atoms with van der Waals surface area (Å²) in [7, 11) is 1.59. The van der Waals surface area contributed by atoms with E-state index in [1.54, 1.807) is 49.6 Å². The van der Waals surface area contributed by atoms with Crippen molar-refractivity contribution in [3.8, 4) is 11.5 Å². The van der Waals surface area contributed by atoms with Gasteiger partial charge in [0.2, 0.25) is 5.90 Å². The van der Waals surface area contributed by atoms with E-state index in [0.717, 1.165) is 16.7 Å². The van der Waals surface area contributed by atoms with Crippen LogP contribution in [-0.2, 0) is 29.0 Å². The van der Waals surface area contributed by atoms with Crippen LogP contribution in [0.1, 0.15) is 40.3 Å². The molecule has 2 atom stereocenters. The van der Waals surface area contributed by atoms with Crippen LogP contribution in [0, 0.1) is 0 Å². The Kier molecular flexibility index (Phi) is 11.2. The highest BCUT2D eigenvalue weighted by Gasteiger charge is 2.54. The van der Waals surface area contributed by atoms with Crippen molar-refractivity contribution < 1.29 is 24.1 Å². The Labute approximate surface area is 282 Å². The lowest BCUT2D eigenvalue weighted by atomic mass is 9.80. The van der Waals surface area contributed by atoms with Gasteiger partial charge >= 0.3 is 0 Å². The number of benzene rings is 4. The summed E-state index contributed by atoms with van der Waals surface area (Å²) in [6.45, 7) is 0.720. The molecule has 1 aliphatic heterocycles. The summed E-state index contributed by atoms with van der Waals surface area (Å²) in [6, 6.07) is 27.0. The first-order chi connectivity index (χ1) is 22.9. The van der Waals surface area contributed by atoms with Gasteiger partial charge in [0, 0.05) is 52.1 Å². The van der Waals surface area contributed by atoms with Gasteiger partial charge in [0.25, 0.3) is 5.91 Å². The third-order valence-electron chi connectivity index (χ3n) is 7.77. The van der Waals surface area contributed by atoms with Crippen LogP contribution < -0.4 is 14.8 Å². The van der Waals surface area contributed by atoms with Crippen LogP contribution in [0.2, 0.25) is 10.0 Å². The van der Waals surface area contributed by atoms with Crippen LogP contribution in [0.15, 0.2) is 101 Å². The van der Waals surface area contributed by atoms with Crippen molar-refractivity contribution in [3.63, 3.8) is 0 Å². The molecule has 1 aliphatic rings. The summed E-state index contributed by atoms with van der Waals surface area (Å²) >= 11 is 13.0. The van der Waals surface area contributed by atoms with Crippen molar-refractivity contribution in [1.29, 1.82) is 0 Å². The van der Waals surface area contributed by atoms with Crippen LogP contribution in [0.4, 0.5) is 0 Å². The minimum atomic E-state index is -1.54. The van der Waals surface area contributed by atoms with Crippen LogP contribution in [0.25, 0.3) is 10.4 Å². The molecule has 47 heavy (non-hydrogen) atoms. The van der Waals surface area contributed by atoms with Crippen LogP contribution >= 0.6 is 23.2 Å². The fraction of sp³-hybridized carbons (Fsp3) is 0.257. The lowest BCUT2D eigenvalue weighted by molar-refractivity contribution is -0.129. The van der Waals surface area contributed by atoms with Gasteiger partial charge in [-0.1, -0.05) is 70.8 Å². The van der Waals surface area contributed by atoms with E-state index >= 15 is 0 Å². The summed E-state index contributed by atoms with van der Waals surface area (Å²) in [5.41, 5.74) is 11.0. The fourth-order valence-corrected chi connectivity index (χ4v) is 5.84. The van der Waals surface area contributed by atoms with E-state index in [4.69, 9.17) is 53.0 Å². The van der Waals surface area contributed by atoms with Crippen molar-refractivity contribution in [2.45, 2.75) is 37.6 Å². The van der Waals surface area contributed by atoms with Gasteiger partial charge in [-0.05, 0) is 70.8 Å². The van der Waals surface area contributed by atoms with Crippen molar-refractivity contribution >= 4 is 35.0 Å². The molecule has 0 saturated carbocycles. The standard InChI is InChI=1S/C35H33Cl2N5O5/c1-45-28-12-7-23(8-13-28)21-39-34(44)35(20-25-5-2-3-6-26(25)22-40-42-38)32(30-16-11-27(36)19-31(30)37)47-33(41-35)24-9-14-29(15-10-24)46-18-4-17-43/h2-3,5-16,19,32,43H,4,17-18,20-22H2,1H3,(H,39,44)/t32-,35-/m1/s1. The lowest BCUT2D eigenvalue weighted by Crippen LogP contribution is -2.50. The monoisotopic (exact) mass is 673 g/mol. The maximum atomic E-state index is 14.6. The van der Waals surface area contributed by atoms with Crippen molar-refractivity contribution in [1.82, 2.24) is 5.32 Å². The Balaban J connectivity index is 1.60. The average molecular weight is 675 g/mol. The number of nitrogens with one attached hydrogen (secondary N) is 1. The fourth-order valence-electron chi connectivity index (χ4n) is 5.33. The molecule has 10 nitrogen and oxygen atoms in total. The van der Waals surface area contributed by atoms with Gasteiger partial charge in [-0.15, -0.1) is 0 Å². The molecule has 5 rings (SSSR count). The molecule has 0 fully saturated rings. The van der Waals surface area contributed by atoms with Crippen LogP contribution in [-0.4, -0.2) is 42.8 Å². The van der Waals surface area contributed by atoms with E-state index in [9.17, 15) is 4.79 Å². The largest absolute Gasteiger partial charge is 0.497 e. The zero-order valence-corrected chi connectivity index (χ0v) is 27.1. The molecule has 1 amide bonds. The number of aliphatic hydroxyl groups excluding tert-OH is 1. The summed E-state index contributed by atoms with van der Waals surface area (Å²) in [5.74, 6) is 1.18. The molecule has 4 aromatic rings. The first kappa shape index (κ1) is 33.6. The number of amides is 1. The number of aliphatic hydroxyl groups is 1. The molecule has 0 aromatic heterocycles. The van der Waals surface area contributed by atoms with Gasteiger partial charge in [-0.2, -0.15) is 0 Å². The average Bonchev–Trinajstić information content (AvgIpc) is 3.47. The number of rotatable bonds is 14. The van der Waals surface area contributed by atoms with E-state index < -0.39 is 11.6 Å². The number of carbonyl (C=O) groups excluding carboxylic acids is 1. The second-order valence-electron chi connectivity index (χ2n) is 10.8. The lowest BCUT2D eigenvalue weighted by Gasteiger charge is -2.32. The van der Waals surface area contributed by atoms with Gasteiger partial charge in [0.15, 0.2) is 11.6 Å². The molecule has 0 spiro atoms. The summed E-state index contributed by atoms with van der Waals surface area (Å²) in [6.07, 6.45) is -0.337. The molecule has 0 unspecified atom stereocenters. The molecule has 12 heteroatoms. The highest BCUT2D eigenvalue weighted by atomic mass is 35.5. The summed E-state index contributed by atoms with van der Waals surface area (Å²) in [4.78, 5) is 22.6. The first-order valence-corrected chi connectivity index (χ1v) is 15.7. The highest BCUT2D eigenvalue weighted by molar-refractivity contribution is 6.35. The molecule has 2 N–H and O–H groups in total. The topological polar surface area (TPSA) is 138 Å². The van der Waals surface area contributed by atoms with Gasteiger partial charge in [-0.3, -0.25) is 4.79 Å². The minimum absolute atomic E-state index is 0.0337. The maximum absolute atomic E-state index is 14.6. The Morgan fingerprint density at radius 1 is 1.04 bits per heavy atom. The molecular weight excluding hydrogens is 641 g/mol. The number of ether oxygens (including phenoxy) is 3. The maximum Gasteiger partial charge on any atom is 0.252 e. The Morgan fingerprint density at radius 3 is 2.45 bits per heavy atom. The number of methoxy groups -OCH3 is 1. The number of hydrogen-bond acceptors (Lipinski definition) is 7. The molecule has 0 radical (unpaired) electrons. The summed E-state index contributed by atoms with van der Waals surface area (Å²) in [5, 5.41) is 16.7. The number of halogens is 2. The number of carbonyl (C=O) groups is 1. The van der Waals surface area contributed by atoms with E-state index in [1.807, 2.05) is 48.5 Å². The summed E-state index contributed by atoms with van der Waals surface area (Å²) < 4.78 is 17.6. The van der Waals surface area contributed by atoms with E-state index in [-0.39, 0.29) is 37.9 Å². The predicted octanol–water partition coefficient (Wildman–Crippen LogP) is 7.39. The third-order valence-corrected chi connectivity index (χ3v) is 8.33. The third kappa shape index (κ3) is 7.99. The number of hydrogen-bond donors (Lipinski definition) is 2. The quantitative estimate of drug-likeness (QED) is 0.0622. The van der Waals surface area contributed by atoms with Crippen molar-refractivity contribution in [2.75, 3.05) is 20.3 Å². The SMILES string of the molecule is COc1ccc(CNC(=O)[C@]2(Cc3ccccc3CN=[N+]=[N-])N=C(c3ccc(OCCCO)cc3)O[C@@H]2c2ccc(Cl)cc2Cl)cc1. The Morgan fingerprint density at radius 2 is 1.77 bits per heavy atom. The van der Waals surface area contributed by atoms with E-state index in [1.165, 1.54) is 0 Å². The highest BCUT2D eigenvalue weighted by Crippen LogP contribution is 2.45. The Bertz CT molecular complexity index is 1780. The van der Waals surface area contributed by atoms with Gasteiger partial charge in [-0.25, -0.2) is 4.99 Å². The number of aliphatic imine (C=N–C) groups is 1. The van der Waals surface area contributed by atoms with Gasteiger partial charge in [0.05, 0.1) is 20.3 Å². The predicted molar refractivity (Wildman–Crippen MR) is 181 cm³/mol. The molecule has 242 valence electrons. The zero-order chi connectivity index (χ0) is 33.2. The van der Waals surface area contributed by atoms with E-state index in [0.29, 0.717) is 45.7 Å². The van der Waals surface area contributed by atoms with Crippen molar-refractivity contribution in [2.24, 2.45) is 10.1 Å². The first-order valence-electron chi connectivity index (χ1n) is 14.9. The van der Waals surface area contributed by atoms with Crippen molar-refractivity contribution in [3.05, 3.63) is 139 Å². The van der Waals surface area contributed by atoms with Crippen LogP contribution in [0.5, 0.6) is 11.5 Å². The molecule has 4 aromatic carbocycles. The second kappa shape index (κ2) is 15.7. The van der Waals surface area contributed by atoms with E-state index in [2.05, 4.69) is 15.3 Å². The molecular formula is C35H33Cl2N5O5. The molecule has 0 aliphatic carbocycles. The molecule has 0 saturated heterocycles. The normalized spacial score (nSPS) is 16.9. The molecule has 1 heterocycles.